The molecule has 92 valence electrons. The first kappa shape index (κ1) is 13.6. The summed E-state index contributed by atoms with van der Waals surface area (Å²) in [6, 6.07) is 9.31. The summed E-state index contributed by atoms with van der Waals surface area (Å²) in [5.74, 6) is -0.161. The molecule has 0 aromatic heterocycles. The number of benzene rings is 1. The summed E-state index contributed by atoms with van der Waals surface area (Å²) in [6.07, 6.45) is -0.615. The molecule has 0 bridgehead atoms. The van der Waals surface area contributed by atoms with Crippen molar-refractivity contribution in [3.63, 3.8) is 0 Å². The van der Waals surface area contributed by atoms with Gasteiger partial charge in [0.1, 0.15) is 0 Å². The molecule has 2 N–H and O–H groups in total. The molecule has 0 aliphatic heterocycles. The Morgan fingerprint density at radius 1 is 1.47 bits per heavy atom. The van der Waals surface area contributed by atoms with Gasteiger partial charge in [-0.2, -0.15) is 0 Å². The molecule has 1 aromatic rings. The van der Waals surface area contributed by atoms with Crippen LogP contribution in [0.4, 0.5) is 0 Å². The summed E-state index contributed by atoms with van der Waals surface area (Å²) in [4.78, 5) is 13.8. The van der Waals surface area contributed by atoms with E-state index in [1.54, 1.807) is 7.05 Å². The monoisotopic (exact) mass is 252 g/mol. The van der Waals surface area contributed by atoms with Crippen LogP contribution in [0.2, 0.25) is 0 Å². The lowest BCUT2D eigenvalue weighted by Crippen LogP contribution is -2.38. The molecule has 17 heavy (non-hydrogen) atoms. The van der Waals surface area contributed by atoms with E-state index in [9.17, 15) is 4.79 Å². The highest BCUT2D eigenvalue weighted by atomic mass is 32.1. The minimum absolute atomic E-state index is 0.161. The molecule has 0 saturated carbocycles. The fourth-order valence-corrected chi connectivity index (χ4v) is 1.71. The first-order valence-electron chi connectivity index (χ1n) is 5.17. The highest BCUT2D eigenvalue weighted by Gasteiger charge is 2.23. The van der Waals surface area contributed by atoms with E-state index in [-0.39, 0.29) is 17.4 Å². The molecular weight excluding hydrogens is 236 g/mol. The van der Waals surface area contributed by atoms with Crippen LogP contribution in [0.15, 0.2) is 30.3 Å². The van der Waals surface area contributed by atoms with E-state index >= 15 is 0 Å². The standard InChI is InChI=1S/C12H16N2O2S/c1-14(8-10(13)17)12(15)11(16-2)9-6-4-3-5-7-9/h3-7,11H,8H2,1-2H3,(H2,13,17). The van der Waals surface area contributed by atoms with E-state index in [4.69, 9.17) is 22.7 Å². The minimum Gasteiger partial charge on any atom is -0.392 e. The Kier molecular flexibility index (Phi) is 5.06. The van der Waals surface area contributed by atoms with E-state index in [1.165, 1.54) is 12.0 Å². The first-order valence-corrected chi connectivity index (χ1v) is 5.58. The number of thiocarbonyl (C=S) groups is 1. The van der Waals surface area contributed by atoms with Gasteiger partial charge in [0.25, 0.3) is 5.91 Å². The molecule has 1 unspecified atom stereocenters. The van der Waals surface area contributed by atoms with Crippen LogP contribution < -0.4 is 5.73 Å². The third kappa shape index (κ3) is 3.80. The summed E-state index contributed by atoms with van der Waals surface area (Å²) < 4.78 is 5.23. The van der Waals surface area contributed by atoms with Gasteiger partial charge in [-0.3, -0.25) is 4.79 Å². The van der Waals surface area contributed by atoms with Crippen LogP contribution in [-0.4, -0.2) is 36.5 Å². The number of hydrogen-bond acceptors (Lipinski definition) is 3. The normalized spacial score (nSPS) is 11.9. The Hall–Kier alpha value is -1.46. The van der Waals surface area contributed by atoms with Crippen molar-refractivity contribution in [3.8, 4) is 0 Å². The molecular formula is C12H16N2O2S. The van der Waals surface area contributed by atoms with Crippen molar-refractivity contribution in [2.24, 2.45) is 5.73 Å². The van der Waals surface area contributed by atoms with E-state index in [0.717, 1.165) is 5.56 Å². The van der Waals surface area contributed by atoms with Crippen molar-refractivity contribution < 1.29 is 9.53 Å². The van der Waals surface area contributed by atoms with Gasteiger partial charge in [0.2, 0.25) is 0 Å². The topological polar surface area (TPSA) is 55.6 Å². The highest BCUT2D eigenvalue weighted by molar-refractivity contribution is 7.80. The van der Waals surface area contributed by atoms with Crippen LogP contribution in [0, 0.1) is 0 Å². The van der Waals surface area contributed by atoms with Gasteiger partial charge >= 0.3 is 0 Å². The maximum absolute atomic E-state index is 12.1. The Morgan fingerprint density at radius 3 is 2.53 bits per heavy atom. The van der Waals surface area contributed by atoms with Crippen LogP contribution in [0.3, 0.4) is 0 Å². The van der Waals surface area contributed by atoms with Crippen molar-refractivity contribution in [1.82, 2.24) is 4.90 Å². The van der Waals surface area contributed by atoms with Crippen molar-refractivity contribution in [3.05, 3.63) is 35.9 Å². The number of ether oxygens (including phenoxy) is 1. The lowest BCUT2D eigenvalue weighted by Gasteiger charge is -2.22. The molecule has 5 heteroatoms. The van der Waals surface area contributed by atoms with Crippen molar-refractivity contribution in [2.45, 2.75) is 6.10 Å². The van der Waals surface area contributed by atoms with Crippen LogP contribution in [-0.2, 0) is 9.53 Å². The van der Waals surface area contributed by atoms with Crippen LogP contribution in [0.1, 0.15) is 11.7 Å². The van der Waals surface area contributed by atoms with Crippen LogP contribution in [0.25, 0.3) is 0 Å². The number of likely N-dealkylation sites (N-methyl/N-ethyl adjacent to an activating group) is 1. The van der Waals surface area contributed by atoms with Gasteiger partial charge in [-0.05, 0) is 5.56 Å². The number of methoxy groups -OCH3 is 1. The smallest absolute Gasteiger partial charge is 0.256 e. The Morgan fingerprint density at radius 2 is 2.06 bits per heavy atom. The van der Waals surface area contributed by atoms with Gasteiger partial charge in [0.05, 0.1) is 11.5 Å². The quantitative estimate of drug-likeness (QED) is 0.798. The number of carbonyl (C=O) groups is 1. The summed E-state index contributed by atoms with van der Waals surface area (Å²) in [6.45, 7) is 0.251. The molecule has 0 aliphatic carbocycles. The third-order valence-electron chi connectivity index (χ3n) is 2.33. The fraction of sp³-hybridized carbons (Fsp3) is 0.333. The second-order valence-electron chi connectivity index (χ2n) is 3.69. The largest absolute Gasteiger partial charge is 0.392 e. The average Bonchev–Trinajstić information content (AvgIpc) is 2.30. The number of nitrogens with zero attached hydrogens (tertiary/aromatic N) is 1. The number of amides is 1. The number of hydrogen-bond donors (Lipinski definition) is 1. The molecule has 0 heterocycles. The van der Waals surface area contributed by atoms with Gasteiger partial charge < -0.3 is 15.4 Å². The molecule has 1 amide bonds. The molecule has 1 rings (SSSR count). The second kappa shape index (κ2) is 6.32. The van der Waals surface area contributed by atoms with E-state index < -0.39 is 6.10 Å². The van der Waals surface area contributed by atoms with E-state index in [0.29, 0.717) is 0 Å². The number of nitrogens with two attached hydrogens (primary N) is 1. The molecule has 0 radical (unpaired) electrons. The van der Waals surface area contributed by atoms with Gasteiger partial charge in [0, 0.05) is 14.2 Å². The summed E-state index contributed by atoms with van der Waals surface area (Å²) in [5, 5.41) is 0. The Bertz CT molecular complexity index is 395. The predicted molar refractivity (Wildman–Crippen MR) is 70.6 cm³/mol. The lowest BCUT2D eigenvalue weighted by molar-refractivity contribution is -0.140. The Labute approximate surface area is 106 Å². The number of rotatable bonds is 5. The fourth-order valence-electron chi connectivity index (χ4n) is 1.52. The maximum atomic E-state index is 12.1. The Balaban J connectivity index is 2.81. The molecule has 0 aliphatic rings. The molecule has 0 spiro atoms. The predicted octanol–water partition coefficient (Wildman–Crippen LogP) is 1.12. The van der Waals surface area contributed by atoms with Gasteiger partial charge in [0.15, 0.2) is 6.10 Å². The maximum Gasteiger partial charge on any atom is 0.256 e. The van der Waals surface area contributed by atoms with Crippen LogP contribution >= 0.6 is 12.2 Å². The highest BCUT2D eigenvalue weighted by Crippen LogP contribution is 2.18. The molecule has 0 fully saturated rings. The van der Waals surface area contributed by atoms with E-state index in [1.807, 2.05) is 30.3 Å². The second-order valence-corrected chi connectivity index (χ2v) is 4.21. The van der Waals surface area contributed by atoms with Crippen molar-refractivity contribution in [1.29, 1.82) is 0 Å². The first-order chi connectivity index (χ1) is 8.06. The molecule has 4 nitrogen and oxygen atoms in total. The molecule has 1 aromatic carbocycles. The summed E-state index contributed by atoms with van der Waals surface area (Å²) >= 11 is 4.77. The minimum atomic E-state index is -0.615. The average molecular weight is 252 g/mol. The SMILES string of the molecule is COC(C(=O)N(C)CC(N)=S)c1ccccc1. The lowest BCUT2D eigenvalue weighted by atomic mass is 10.1. The summed E-state index contributed by atoms with van der Waals surface area (Å²) in [5.41, 5.74) is 6.22. The zero-order chi connectivity index (χ0) is 12.8. The summed E-state index contributed by atoms with van der Waals surface area (Å²) in [7, 11) is 3.15. The van der Waals surface area contributed by atoms with Crippen molar-refractivity contribution in [2.75, 3.05) is 20.7 Å². The van der Waals surface area contributed by atoms with Gasteiger partial charge in [-0.15, -0.1) is 0 Å². The zero-order valence-corrected chi connectivity index (χ0v) is 10.7. The van der Waals surface area contributed by atoms with Gasteiger partial charge in [-0.1, -0.05) is 42.5 Å². The third-order valence-corrected chi connectivity index (χ3v) is 2.46. The van der Waals surface area contributed by atoms with E-state index in [2.05, 4.69) is 0 Å². The molecule has 1 atom stereocenters. The molecule has 0 saturated heterocycles. The van der Waals surface area contributed by atoms with Crippen LogP contribution in [0.5, 0.6) is 0 Å². The van der Waals surface area contributed by atoms with Gasteiger partial charge in [-0.25, -0.2) is 0 Å². The van der Waals surface area contributed by atoms with Crippen molar-refractivity contribution >= 4 is 23.1 Å². The zero-order valence-electron chi connectivity index (χ0n) is 9.92. The number of carbonyl (C=O) groups excluding carboxylic acids is 1.